The van der Waals surface area contributed by atoms with Gasteiger partial charge in [0.05, 0.1) is 0 Å². The Hall–Kier alpha value is -0.530. The molecule has 0 bridgehead atoms. The average Bonchev–Trinajstić information content (AvgIpc) is 2.88. The van der Waals surface area contributed by atoms with Gasteiger partial charge in [-0.3, -0.25) is 0 Å². The van der Waals surface area contributed by atoms with E-state index in [1.54, 1.807) is 0 Å². The van der Waals surface area contributed by atoms with Crippen molar-refractivity contribution in [2.75, 3.05) is 6.54 Å². The molecule has 1 unspecified atom stereocenters. The second kappa shape index (κ2) is 7.15. The SMILES string of the molecule is CCNC(c1ccc(C)c(Cl)c1)C1(CC(C)C)CCCC1. The van der Waals surface area contributed by atoms with Crippen molar-refractivity contribution < 1.29 is 0 Å². The molecule has 1 atom stereocenters. The molecular formula is C19H30ClN. The molecule has 1 saturated carbocycles. The minimum absolute atomic E-state index is 0.406. The van der Waals surface area contributed by atoms with Crippen LogP contribution in [0.2, 0.25) is 5.02 Å². The molecule has 21 heavy (non-hydrogen) atoms. The normalized spacial score (nSPS) is 19.1. The van der Waals surface area contributed by atoms with Crippen LogP contribution in [0.25, 0.3) is 0 Å². The number of halogens is 1. The van der Waals surface area contributed by atoms with E-state index in [9.17, 15) is 0 Å². The maximum atomic E-state index is 6.39. The maximum absolute atomic E-state index is 6.39. The summed E-state index contributed by atoms with van der Waals surface area (Å²) in [5.74, 6) is 0.741. The molecular weight excluding hydrogens is 278 g/mol. The smallest absolute Gasteiger partial charge is 0.0438 e. The molecule has 1 N–H and O–H groups in total. The Bertz CT molecular complexity index is 461. The molecule has 1 aliphatic carbocycles. The molecule has 2 rings (SSSR count). The van der Waals surface area contributed by atoms with Crippen LogP contribution in [0.5, 0.6) is 0 Å². The molecule has 0 aliphatic heterocycles. The van der Waals surface area contributed by atoms with Gasteiger partial charge in [-0.25, -0.2) is 0 Å². The van der Waals surface area contributed by atoms with E-state index in [2.05, 4.69) is 51.2 Å². The lowest BCUT2D eigenvalue weighted by atomic mass is 9.70. The standard InChI is InChI=1S/C19H30ClN/c1-5-21-18(16-9-8-15(4)17(20)12-16)19(13-14(2)3)10-6-7-11-19/h8-9,12,14,18,21H,5-7,10-11,13H2,1-4H3. The molecule has 1 aliphatic rings. The van der Waals surface area contributed by atoms with E-state index in [0.29, 0.717) is 11.5 Å². The number of hydrogen-bond acceptors (Lipinski definition) is 1. The fourth-order valence-corrected chi connectivity index (χ4v) is 4.37. The Labute approximate surface area is 135 Å². The largest absolute Gasteiger partial charge is 0.310 e. The van der Waals surface area contributed by atoms with Crippen LogP contribution in [-0.2, 0) is 0 Å². The third kappa shape index (κ3) is 3.81. The topological polar surface area (TPSA) is 12.0 Å². The van der Waals surface area contributed by atoms with Crippen molar-refractivity contribution in [1.29, 1.82) is 0 Å². The summed E-state index contributed by atoms with van der Waals surface area (Å²) in [6.45, 7) is 10.0. The first-order valence-electron chi connectivity index (χ1n) is 8.48. The van der Waals surface area contributed by atoms with Crippen LogP contribution in [0.15, 0.2) is 18.2 Å². The van der Waals surface area contributed by atoms with Gasteiger partial charge >= 0.3 is 0 Å². The number of nitrogens with one attached hydrogen (secondary N) is 1. The fourth-order valence-electron chi connectivity index (χ4n) is 4.18. The van der Waals surface area contributed by atoms with Crippen molar-refractivity contribution in [2.45, 2.75) is 65.8 Å². The monoisotopic (exact) mass is 307 g/mol. The summed E-state index contributed by atoms with van der Waals surface area (Å²) in [6.07, 6.45) is 6.72. The minimum Gasteiger partial charge on any atom is -0.310 e. The summed E-state index contributed by atoms with van der Waals surface area (Å²) < 4.78 is 0. The average molecular weight is 308 g/mol. The van der Waals surface area contributed by atoms with Gasteiger partial charge in [0, 0.05) is 11.1 Å². The molecule has 2 heteroatoms. The highest BCUT2D eigenvalue weighted by Gasteiger charge is 2.41. The van der Waals surface area contributed by atoms with Crippen LogP contribution in [0.1, 0.15) is 70.0 Å². The lowest BCUT2D eigenvalue weighted by molar-refractivity contribution is 0.157. The quantitative estimate of drug-likeness (QED) is 0.689. The summed E-state index contributed by atoms with van der Waals surface area (Å²) in [6, 6.07) is 7.06. The predicted octanol–water partition coefficient (Wildman–Crippen LogP) is 5.91. The van der Waals surface area contributed by atoms with Gasteiger partial charge in [0.2, 0.25) is 0 Å². The highest BCUT2D eigenvalue weighted by atomic mass is 35.5. The summed E-state index contributed by atoms with van der Waals surface area (Å²) in [4.78, 5) is 0. The second-order valence-electron chi connectivity index (χ2n) is 7.17. The van der Waals surface area contributed by atoms with E-state index in [1.807, 2.05) is 0 Å². The van der Waals surface area contributed by atoms with Gasteiger partial charge in [0.1, 0.15) is 0 Å². The van der Waals surface area contributed by atoms with Crippen LogP contribution < -0.4 is 5.32 Å². The summed E-state index contributed by atoms with van der Waals surface area (Å²) >= 11 is 6.39. The van der Waals surface area contributed by atoms with Crippen molar-refractivity contribution in [3.63, 3.8) is 0 Å². The summed E-state index contributed by atoms with van der Waals surface area (Å²) in [5.41, 5.74) is 2.94. The Morgan fingerprint density at radius 1 is 1.24 bits per heavy atom. The molecule has 0 saturated heterocycles. The van der Waals surface area contributed by atoms with E-state index < -0.39 is 0 Å². The molecule has 1 fully saturated rings. The molecule has 1 nitrogen and oxygen atoms in total. The maximum Gasteiger partial charge on any atom is 0.0438 e. The highest BCUT2D eigenvalue weighted by molar-refractivity contribution is 6.31. The number of benzene rings is 1. The van der Waals surface area contributed by atoms with Gasteiger partial charge in [-0.05, 0) is 61.3 Å². The van der Waals surface area contributed by atoms with Crippen molar-refractivity contribution in [3.8, 4) is 0 Å². The molecule has 1 aromatic rings. The third-order valence-electron chi connectivity index (χ3n) is 4.96. The molecule has 0 aromatic heterocycles. The Morgan fingerprint density at radius 3 is 2.43 bits per heavy atom. The fraction of sp³-hybridized carbons (Fsp3) is 0.684. The van der Waals surface area contributed by atoms with Gasteiger partial charge in [0.15, 0.2) is 0 Å². The summed E-state index contributed by atoms with van der Waals surface area (Å²) in [5, 5.41) is 4.67. The molecule has 0 radical (unpaired) electrons. The highest BCUT2D eigenvalue weighted by Crippen LogP contribution is 2.51. The van der Waals surface area contributed by atoms with Crippen LogP contribution in [0, 0.1) is 18.3 Å². The lowest BCUT2D eigenvalue weighted by Gasteiger charge is -2.40. The van der Waals surface area contributed by atoms with Crippen molar-refractivity contribution in [2.24, 2.45) is 11.3 Å². The molecule has 1 aromatic carbocycles. The first-order chi connectivity index (χ1) is 9.98. The van der Waals surface area contributed by atoms with E-state index in [4.69, 9.17) is 11.6 Å². The van der Waals surface area contributed by atoms with Crippen molar-refractivity contribution in [1.82, 2.24) is 5.32 Å². The van der Waals surface area contributed by atoms with Crippen molar-refractivity contribution >= 4 is 11.6 Å². The molecule has 0 amide bonds. The zero-order chi connectivity index (χ0) is 15.5. The molecule has 118 valence electrons. The Kier molecular flexibility index (Phi) is 5.73. The number of rotatable bonds is 6. The van der Waals surface area contributed by atoms with Crippen LogP contribution in [0.3, 0.4) is 0 Å². The Morgan fingerprint density at radius 2 is 1.90 bits per heavy atom. The first-order valence-corrected chi connectivity index (χ1v) is 8.86. The van der Waals surface area contributed by atoms with Crippen molar-refractivity contribution in [3.05, 3.63) is 34.3 Å². The Balaban J connectivity index is 2.37. The number of aryl methyl sites for hydroxylation is 1. The van der Waals surface area contributed by atoms with Gasteiger partial charge in [-0.1, -0.05) is 57.3 Å². The van der Waals surface area contributed by atoms with Gasteiger partial charge < -0.3 is 5.32 Å². The first kappa shape index (κ1) is 16.8. The third-order valence-corrected chi connectivity index (χ3v) is 5.37. The minimum atomic E-state index is 0.406. The van der Waals surface area contributed by atoms with Gasteiger partial charge in [0.25, 0.3) is 0 Å². The molecule has 0 spiro atoms. The van der Waals surface area contributed by atoms with Gasteiger partial charge in [-0.15, -0.1) is 0 Å². The number of hydrogen-bond donors (Lipinski definition) is 1. The zero-order valence-electron chi connectivity index (χ0n) is 14.0. The predicted molar refractivity (Wildman–Crippen MR) is 93.0 cm³/mol. The van der Waals surface area contributed by atoms with E-state index in [0.717, 1.165) is 17.5 Å². The summed E-state index contributed by atoms with van der Waals surface area (Å²) in [7, 11) is 0. The second-order valence-corrected chi connectivity index (χ2v) is 7.57. The lowest BCUT2D eigenvalue weighted by Crippen LogP contribution is -2.37. The van der Waals surface area contributed by atoms with E-state index in [1.165, 1.54) is 43.2 Å². The van der Waals surface area contributed by atoms with E-state index in [-0.39, 0.29) is 0 Å². The van der Waals surface area contributed by atoms with Crippen LogP contribution in [-0.4, -0.2) is 6.54 Å². The van der Waals surface area contributed by atoms with E-state index >= 15 is 0 Å². The molecule has 0 heterocycles. The van der Waals surface area contributed by atoms with Crippen LogP contribution >= 0.6 is 11.6 Å². The van der Waals surface area contributed by atoms with Gasteiger partial charge in [-0.2, -0.15) is 0 Å². The zero-order valence-corrected chi connectivity index (χ0v) is 14.8. The van der Waals surface area contributed by atoms with Crippen LogP contribution in [0.4, 0.5) is 0 Å².